The topological polar surface area (TPSA) is 13.1 Å². The van der Waals surface area contributed by atoms with Crippen LogP contribution in [0.15, 0.2) is 174 Å². The summed E-state index contributed by atoms with van der Waals surface area (Å²) >= 11 is 0. The molecule has 1 nitrogen and oxygen atoms in total. The van der Waals surface area contributed by atoms with Crippen LogP contribution in [0.25, 0.3) is 98.8 Å². The third-order valence-corrected chi connectivity index (χ3v) is 11.7. The zero-order valence-electron chi connectivity index (χ0n) is 29.1. The minimum absolute atomic E-state index is 0.0215. The number of fused-ring (bicyclic) bond motifs is 10. The SMILES string of the molecule is CC1(C)c2ccccc2-c2ccc(-c3ccc(-c4c5ccccc5c(-c5ccc6c(ccc7oc8ccccc8c76)c5)c5ccccc45)cc3)cc21. The summed E-state index contributed by atoms with van der Waals surface area (Å²) < 4.78 is 6.22. The van der Waals surface area contributed by atoms with Gasteiger partial charge < -0.3 is 4.42 Å². The van der Waals surface area contributed by atoms with Crippen molar-refractivity contribution in [3.05, 3.63) is 181 Å². The molecule has 0 saturated heterocycles. The minimum Gasteiger partial charge on any atom is -0.456 e. The number of furan rings is 1. The van der Waals surface area contributed by atoms with Gasteiger partial charge in [-0.15, -0.1) is 0 Å². The second-order valence-electron chi connectivity index (χ2n) is 14.8. The third kappa shape index (κ3) is 4.11. The Balaban J connectivity index is 1.06. The van der Waals surface area contributed by atoms with E-state index >= 15 is 0 Å². The van der Waals surface area contributed by atoms with Gasteiger partial charge in [0.2, 0.25) is 0 Å². The van der Waals surface area contributed by atoms with Crippen LogP contribution in [0.2, 0.25) is 0 Å². The first-order valence-electron chi connectivity index (χ1n) is 18.2. The minimum atomic E-state index is -0.0215. The molecule has 1 heteroatoms. The van der Waals surface area contributed by atoms with Gasteiger partial charge in [0.05, 0.1) is 0 Å². The van der Waals surface area contributed by atoms with Crippen LogP contribution in [-0.2, 0) is 5.41 Å². The Morgan fingerprint density at radius 2 is 0.923 bits per heavy atom. The van der Waals surface area contributed by atoms with Crippen LogP contribution in [-0.4, -0.2) is 0 Å². The van der Waals surface area contributed by atoms with Crippen LogP contribution in [0.3, 0.4) is 0 Å². The van der Waals surface area contributed by atoms with E-state index in [2.05, 4.69) is 178 Å². The van der Waals surface area contributed by atoms with E-state index in [1.54, 1.807) is 0 Å². The quantitative estimate of drug-likeness (QED) is 0.172. The van der Waals surface area contributed by atoms with Gasteiger partial charge in [-0.1, -0.05) is 159 Å². The molecule has 0 unspecified atom stereocenters. The standard InChI is InChI=1S/C51H34O/c1-51(2)44-17-9-7-11-37(44)38-27-23-33(30-45(38)51)31-19-21-32(22-20-31)48-39-12-3-5-14-41(39)49(42-15-6-4-13-40(42)48)35-24-26-36-34(29-35)25-28-47-50(36)43-16-8-10-18-46(43)52-47/h3-30H,1-2H3. The molecule has 0 bridgehead atoms. The number of rotatable bonds is 3. The fourth-order valence-electron chi connectivity index (χ4n) is 9.17. The van der Waals surface area contributed by atoms with Gasteiger partial charge in [0.15, 0.2) is 0 Å². The molecule has 244 valence electrons. The monoisotopic (exact) mass is 662 g/mol. The Hall–Kier alpha value is -6.44. The largest absolute Gasteiger partial charge is 0.456 e. The summed E-state index contributed by atoms with van der Waals surface area (Å²) in [6, 6.07) is 62.5. The van der Waals surface area contributed by atoms with Crippen LogP contribution >= 0.6 is 0 Å². The van der Waals surface area contributed by atoms with Crippen molar-refractivity contribution in [3.63, 3.8) is 0 Å². The third-order valence-electron chi connectivity index (χ3n) is 11.7. The first-order chi connectivity index (χ1) is 25.5. The van der Waals surface area contributed by atoms with E-state index in [0.29, 0.717) is 0 Å². The van der Waals surface area contributed by atoms with Crippen molar-refractivity contribution < 1.29 is 4.42 Å². The van der Waals surface area contributed by atoms with Crippen LogP contribution < -0.4 is 0 Å². The van der Waals surface area contributed by atoms with Crippen molar-refractivity contribution in [2.45, 2.75) is 19.3 Å². The highest BCUT2D eigenvalue weighted by atomic mass is 16.3. The molecule has 9 aromatic carbocycles. The molecule has 0 radical (unpaired) electrons. The highest BCUT2D eigenvalue weighted by Crippen LogP contribution is 2.50. The lowest BCUT2D eigenvalue weighted by atomic mass is 9.81. The van der Waals surface area contributed by atoms with Crippen molar-refractivity contribution in [1.29, 1.82) is 0 Å². The Labute approximate surface area is 302 Å². The molecule has 1 heterocycles. The summed E-state index contributed by atoms with van der Waals surface area (Å²) in [6.45, 7) is 4.70. The Kier molecular flexibility index (Phi) is 6.08. The van der Waals surface area contributed by atoms with Gasteiger partial charge in [-0.2, -0.15) is 0 Å². The maximum atomic E-state index is 6.22. The van der Waals surface area contributed by atoms with Crippen molar-refractivity contribution in [2.75, 3.05) is 0 Å². The average molecular weight is 663 g/mol. The lowest BCUT2D eigenvalue weighted by Gasteiger charge is -2.22. The van der Waals surface area contributed by atoms with Crippen LogP contribution in [0.4, 0.5) is 0 Å². The Bertz CT molecular complexity index is 3030. The average Bonchev–Trinajstić information content (AvgIpc) is 3.69. The number of hydrogen-bond acceptors (Lipinski definition) is 1. The van der Waals surface area contributed by atoms with E-state index in [4.69, 9.17) is 4.42 Å². The molecule has 10 aromatic rings. The van der Waals surface area contributed by atoms with Gasteiger partial charge in [0.1, 0.15) is 11.2 Å². The van der Waals surface area contributed by atoms with E-state index in [-0.39, 0.29) is 5.41 Å². The van der Waals surface area contributed by atoms with Crippen molar-refractivity contribution in [2.24, 2.45) is 0 Å². The lowest BCUT2D eigenvalue weighted by Crippen LogP contribution is -2.14. The molecule has 1 aliphatic rings. The number of benzene rings is 9. The van der Waals surface area contributed by atoms with E-state index in [1.807, 2.05) is 6.07 Å². The Morgan fingerprint density at radius 3 is 1.65 bits per heavy atom. The van der Waals surface area contributed by atoms with Crippen LogP contribution in [0.5, 0.6) is 0 Å². The zero-order chi connectivity index (χ0) is 34.6. The van der Waals surface area contributed by atoms with E-state index in [1.165, 1.54) is 93.3 Å². The number of hydrogen-bond donors (Lipinski definition) is 0. The summed E-state index contributed by atoms with van der Waals surface area (Å²) in [7, 11) is 0. The van der Waals surface area contributed by atoms with E-state index < -0.39 is 0 Å². The summed E-state index contributed by atoms with van der Waals surface area (Å²) in [5.74, 6) is 0. The maximum Gasteiger partial charge on any atom is 0.136 e. The molecule has 0 spiro atoms. The summed E-state index contributed by atoms with van der Waals surface area (Å²) in [4.78, 5) is 0. The van der Waals surface area contributed by atoms with Gasteiger partial charge in [-0.25, -0.2) is 0 Å². The molecule has 0 fully saturated rings. The van der Waals surface area contributed by atoms with Crippen LogP contribution in [0.1, 0.15) is 25.0 Å². The Morgan fingerprint density at radius 1 is 0.365 bits per heavy atom. The first-order valence-corrected chi connectivity index (χ1v) is 18.2. The second-order valence-corrected chi connectivity index (χ2v) is 14.8. The van der Waals surface area contributed by atoms with E-state index in [9.17, 15) is 0 Å². The van der Waals surface area contributed by atoms with Gasteiger partial charge in [0, 0.05) is 16.2 Å². The molecular formula is C51H34O. The molecule has 52 heavy (non-hydrogen) atoms. The van der Waals surface area contributed by atoms with Crippen molar-refractivity contribution in [3.8, 4) is 44.5 Å². The molecule has 11 rings (SSSR count). The molecule has 0 amide bonds. The lowest BCUT2D eigenvalue weighted by molar-refractivity contribution is 0.660. The number of para-hydroxylation sites is 1. The summed E-state index contributed by atoms with van der Waals surface area (Å²) in [6.07, 6.45) is 0. The predicted molar refractivity (Wildman–Crippen MR) is 220 cm³/mol. The zero-order valence-corrected chi connectivity index (χ0v) is 29.1. The summed E-state index contributed by atoms with van der Waals surface area (Å²) in [5.41, 5.74) is 14.8. The highest BCUT2D eigenvalue weighted by Gasteiger charge is 2.35. The molecule has 0 saturated carbocycles. The first kappa shape index (κ1) is 29.3. The highest BCUT2D eigenvalue weighted by molar-refractivity contribution is 6.23. The van der Waals surface area contributed by atoms with Crippen LogP contribution in [0, 0.1) is 0 Å². The molecule has 0 aliphatic heterocycles. The normalized spacial score (nSPS) is 13.3. The van der Waals surface area contributed by atoms with Gasteiger partial charge >= 0.3 is 0 Å². The maximum absolute atomic E-state index is 6.22. The van der Waals surface area contributed by atoms with Gasteiger partial charge in [-0.05, 0) is 112 Å². The smallest absolute Gasteiger partial charge is 0.136 e. The molecule has 0 atom stereocenters. The molecule has 1 aromatic heterocycles. The van der Waals surface area contributed by atoms with Gasteiger partial charge in [-0.3, -0.25) is 0 Å². The van der Waals surface area contributed by atoms with E-state index in [0.717, 1.165) is 16.6 Å². The van der Waals surface area contributed by atoms with Crippen molar-refractivity contribution in [1.82, 2.24) is 0 Å². The fourth-order valence-corrected chi connectivity index (χ4v) is 9.17. The second kappa shape index (κ2) is 10.8. The molecule has 0 N–H and O–H groups in total. The summed E-state index contributed by atoms with van der Waals surface area (Å²) in [5, 5.41) is 9.81. The molecule has 1 aliphatic carbocycles. The van der Waals surface area contributed by atoms with Crippen molar-refractivity contribution >= 4 is 54.3 Å². The molecular weight excluding hydrogens is 629 g/mol. The predicted octanol–water partition coefficient (Wildman–Crippen LogP) is 14.4. The van der Waals surface area contributed by atoms with Gasteiger partial charge in [0.25, 0.3) is 0 Å². The fraction of sp³-hybridized carbons (Fsp3) is 0.0588.